The van der Waals surface area contributed by atoms with Gasteiger partial charge in [0, 0.05) is 6.54 Å². The van der Waals surface area contributed by atoms with Gasteiger partial charge >= 0.3 is 0 Å². The Morgan fingerprint density at radius 2 is 1.54 bits per heavy atom. The first kappa shape index (κ1) is 16.6. The van der Waals surface area contributed by atoms with Gasteiger partial charge in [0.2, 0.25) is 10.0 Å². The largest absolute Gasteiger partial charge is 0.387 e. The smallest absolute Gasteiger partial charge is 0.215 e. The summed E-state index contributed by atoms with van der Waals surface area (Å²) >= 11 is 0. The Morgan fingerprint density at radius 3 is 2.33 bits per heavy atom. The molecule has 124 valence electrons. The van der Waals surface area contributed by atoms with Crippen LogP contribution in [-0.2, 0) is 15.8 Å². The van der Waals surface area contributed by atoms with E-state index in [9.17, 15) is 13.5 Å². The zero-order valence-electron chi connectivity index (χ0n) is 13.1. The fraction of sp³-hybridized carbons (Fsp3) is 0.158. The average molecular weight is 341 g/mol. The Morgan fingerprint density at radius 1 is 0.875 bits per heavy atom. The van der Waals surface area contributed by atoms with E-state index in [0.29, 0.717) is 5.56 Å². The summed E-state index contributed by atoms with van der Waals surface area (Å²) in [6, 6.07) is 22.3. The van der Waals surface area contributed by atoms with Crippen LogP contribution in [0.2, 0.25) is 0 Å². The van der Waals surface area contributed by atoms with Crippen LogP contribution in [0.5, 0.6) is 0 Å². The third-order valence-corrected chi connectivity index (χ3v) is 5.20. The van der Waals surface area contributed by atoms with Gasteiger partial charge in [-0.25, -0.2) is 13.1 Å². The van der Waals surface area contributed by atoms with Gasteiger partial charge in [0.25, 0.3) is 0 Å². The van der Waals surface area contributed by atoms with Crippen LogP contribution in [0.4, 0.5) is 0 Å². The third kappa shape index (κ3) is 4.00. The molecule has 0 spiro atoms. The molecular formula is C19H19NO3S. The van der Waals surface area contributed by atoms with E-state index in [1.165, 1.54) is 0 Å². The fourth-order valence-corrected chi connectivity index (χ4v) is 3.85. The number of aliphatic hydroxyl groups excluding tert-OH is 1. The molecule has 4 nitrogen and oxygen atoms in total. The molecule has 5 heteroatoms. The van der Waals surface area contributed by atoms with E-state index < -0.39 is 16.1 Å². The van der Waals surface area contributed by atoms with E-state index >= 15 is 0 Å². The molecule has 0 fully saturated rings. The molecule has 0 heterocycles. The molecule has 0 amide bonds. The molecule has 1 atom stereocenters. The highest BCUT2D eigenvalue weighted by Gasteiger charge is 2.16. The van der Waals surface area contributed by atoms with Crippen LogP contribution in [0.15, 0.2) is 72.8 Å². The zero-order chi connectivity index (χ0) is 17.0. The second-order valence-corrected chi connectivity index (χ2v) is 7.48. The van der Waals surface area contributed by atoms with Crippen molar-refractivity contribution in [1.29, 1.82) is 0 Å². The maximum absolute atomic E-state index is 12.2. The summed E-state index contributed by atoms with van der Waals surface area (Å²) in [6.45, 7) is -0.0524. The van der Waals surface area contributed by atoms with E-state index in [1.807, 2.05) is 48.5 Å². The van der Waals surface area contributed by atoms with Crippen molar-refractivity contribution in [3.63, 3.8) is 0 Å². The quantitative estimate of drug-likeness (QED) is 0.724. The first-order valence-corrected chi connectivity index (χ1v) is 9.37. The van der Waals surface area contributed by atoms with Gasteiger partial charge in [0.05, 0.1) is 11.9 Å². The van der Waals surface area contributed by atoms with Crippen LogP contribution < -0.4 is 4.72 Å². The fourth-order valence-electron chi connectivity index (χ4n) is 2.70. The van der Waals surface area contributed by atoms with Gasteiger partial charge in [-0.05, 0) is 21.9 Å². The number of hydrogen-bond donors (Lipinski definition) is 2. The van der Waals surface area contributed by atoms with Crippen molar-refractivity contribution in [1.82, 2.24) is 4.72 Å². The zero-order valence-corrected chi connectivity index (χ0v) is 13.9. The summed E-state index contributed by atoms with van der Waals surface area (Å²) < 4.78 is 26.8. The van der Waals surface area contributed by atoms with Crippen LogP contribution in [0.3, 0.4) is 0 Å². The van der Waals surface area contributed by atoms with Gasteiger partial charge in [-0.2, -0.15) is 0 Å². The van der Waals surface area contributed by atoms with Gasteiger partial charge in [-0.3, -0.25) is 0 Å². The molecule has 0 saturated carbocycles. The summed E-state index contributed by atoms with van der Waals surface area (Å²) in [6.07, 6.45) is -0.901. The molecule has 0 aliphatic heterocycles. The molecule has 3 rings (SSSR count). The number of fused-ring (bicyclic) bond motifs is 1. The van der Waals surface area contributed by atoms with Crippen LogP contribution >= 0.6 is 0 Å². The molecule has 3 aromatic rings. The van der Waals surface area contributed by atoms with Gasteiger partial charge in [-0.1, -0.05) is 72.8 Å². The highest BCUT2D eigenvalue weighted by Crippen LogP contribution is 2.24. The Labute approximate surface area is 141 Å². The minimum absolute atomic E-state index is 0.0524. The molecule has 1 unspecified atom stereocenters. The molecular weight excluding hydrogens is 322 g/mol. The number of rotatable bonds is 6. The van der Waals surface area contributed by atoms with Crippen LogP contribution in [0.25, 0.3) is 10.8 Å². The van der Waals surface area contributed by atoms with Crippen molar-refractivity contribution in [2.24, 2.45) is 0 Å². The van der Waals surface area contributed by atoms with Crippen molar-refractivity contribution in [3.8, 4) is 0 Å². The molecule has 3 aromatic carbocycles. The maximum Gasteiger partial charge on any atom is 0.215 e. The van der Waals surface area contributed by atoms with Gasteiger partial charge in [0.15, 0.2) is 0 Å². The molecule has 0 aliphatic rings. The lowest BCUT2D eigenvalue weighted by Gasteiger charge is -2.15. The molecule has 0 aromatic heterocycles. The summed E-state index contributed by atoms with van der Waals surface area (Å²) in [7, 11) is -3.50. The second kappa shape index (κ2) is 7.13. The minimum Gasteiger partial charge on any atom is -0.387 e. The van der Waals surface area contributed by atoms with Crippen LogP contribution in [-0.4, -0.2) is 20.1 Å². The molecule has 2 N–H and O–H groups in total. The molecule has 0 radical (unpaired) electrons. The molecule has 0 saturated heterocycles. The lowest BCUT2D eigenvalue weighted by Crippen LogP contribution is -2.29. The number of benzene rings is 3. The number of aliphatic hydroxyl groups is 1. The Balaban J connectivity index is 1.71. The third-order valence-electron chi connectivity index (χ3n) is 3.88. The Hall–Kier alpha value is -2.21. The van der Waals surface area contributed by atoms with Gasteiger partial charge < -0.3 is 5.11 Å². The van der Waals surface area contributed by atoms with Crippen molar-refractivity contribution < 1.29 is 13.5 Å². The standard InChI is InChI=1S/C19H19NO3S/c21-19(18-12-6-10-16-9-4-5-11-17(16)18)13-20-24(22,23)14-15-7-2-1-3-8-15/h1-12,19-21H,13-14H2. The van der Waals surface area contributed by atoms with Crippen LogP contribution in [0.1, 0.15) is 17.2 Å². The highest BCUT2D eigenvalue weighted by atomic mass is 32.2. The van der Waals surface area contributed by atoms with Crippen molar-refractivity contribution in [2.45, 2.75) is 11.9 Å². The number of hydrogen-bond acceptors (Lipinski definition) is 3. The average Bonchev–Trinajstić information content (AvgIpc) is 2.60. The Bertz CT molecular complexity index is 918. The van der Waals surface area contributed by atoms with E-state index in [0.717, 1.165) is 16.3 Å². The van der Waals surface area contributed by atoms with E-state index in [2.05, 4.69) is 4.72 Å². The molecule has 0 bridgehead atoms. The summed E-state index contributed by atoms with van der Waals surface area (Å²) in [5.41, 5.74) is 1.43. The van der Waals surface area contributed by atoms with Crippen molar-refractivity contribution in [2.75, 3.05) is 6.54 Å². The normalized spacial score (nSPS) is 13.0. The first-order valence-electron chi connectivity index (χ1n) is 7.72. The highest BCUT2D eigenvalue weighted by molar-refractivity contribution is 7.88. The van der Waals surface area contributed by atoms with Crippen LogP contribution in [0, 0.1) is 0 Å². The van der Waals surface area contributed by atoms with Crippen molar-refractivity contribution >= 4 is 20.8 Å². The number of nitrogens with one attached hydrogen (secondary N) is 1. The second-order valence-electron chi connectivity index (χ2n) is 5.68. The monoisotopic (exact) mass is 341 g/mol. The lowest BCUT2D eigenvalue weighted by atomic mass is 10.0. The SMILES string of the molecule is O=S(=O)(Cc1ccccc1)NCC(O)c1cccc2ccccc12. The molecule has 24 heavy (non-hydrogen) atoms. The van der Waals surface area contributed by atoms with Gasteiger partial charge in [-0.15, -0.1) is 0 Å². The lowest BCUT2D eigenvalue weighted by molar-refractivity contribution is 0.183. The van der Waals surface area contributed by atoms with E-state index in [1.54, 1.807) is 24.3 Å². The number of sulfonamides is 1. The topological polar surface area (TPSA) is 66.4 Å². The predicted octanol–water partition coefficient (Wildman–Crippen LogP) is 2.99. The summed E-state index contributed by atoms with van der Waals surface area (Å²) in [5.74, 6) is -0.101. The predicted molar refractivity (Wildman–Crippen MR) is 96.0 cm³/mol. The van der Waals surface area contributed by atoms with Gasteiger partial charge in [0.1, 0.15) is 0 Å². The summed E-state index contributed by atoms with van der Waals surface area (Å²) in [4.78, 5) is 0. The van der Waals surface area contributed by atoms with E-state index in [4.69, 9.17) is 0 Å². The first-order chi connectivity index (χ1) is 11.6. The maximum atomic E-state index is 12.2. The van der Waals surface area contributed by atoms with Crippen molar-refractivity contribution in [3.05, 3.63) is 83.9 Å². The minimum atomic E-state index is -3.50. The van der Waals surface area contributed by atoms with E-state index in [-0.39, 0.29) is 12.3 Å². The Kier molecular flexibility index (Phi) is 4.94. The molecule has 0 aliphatic carbocycles. The summed E-state index contributed by atoms with van der Waals surface area (Å²) in [5, 5.41) is 12.4.